The van der Waals surface area contributed by atoms with Gasteiger partial charge in [-0.05, 0) is 45.0 Å². The van der Waals surface area contributed by atoms with Crippen LogP contribution in [0.2, 0.25) is 0 Å². The van der Waals surface area contributed by atoms with Gasteiger partial charge in [-0.1, -0.05) is 6.92 Å². The van der Waals surface area contributed by atoms with E-state index < -0.39 is 11.9 Å². The standard InChI is InChI=1S/C15H20F3N3O/c1-9-8-21(3)7-6-12(9)19-14-11(10(2)22)4-5-13(20-14)15(16,17)18/h4-5,9,12H,6-8H2,1-3H3,(H,19,20). The van der Waals surface area contributed by atoms with E-state index in [2.05, 4.69) is 15.2 Å². The number of hydrogen-bond acceptors (Lipinski definition) is 4. The number of anilines is 1. The van der Waals surface area contributed by atoms with Gasteiger partial charge in [-0.2, -0.15) is 13.2 Å². The summed E-state index contributed by atoms with van der Waals surface area (Å²) < 4.78 is 38.5. The van der Waals surface area contributed by atoms with Gasteiger partial charge in [0.05, 0.1) is 5.56 Å². The molecule has 0 bridgehead atoms. The highest BCUT2D eigenvalue weighted by atomic mass is 19.4. The lowest BCUT2D eigenvalue weighted by molar-refractivity contribution is -0.141. The molecule has 0 radical (unpaired) electrons. The number of aromatic nitrogens is 1. The largest absolute Gasteiger partial charge is 0.433 e. The third-order valence-electron chi connectivity index (χ3n) is 4.00. The van der Waals surface area contributed by atoms with Crippen molar-refractivity contribution in [3.05, 3.63) is 23.4 Å². The molecule has 1 aromatic rings. The van der Waals surface area contributed by atoms with Gasteiger partial charge < -0.3 is 10.2 Å². The molecule has 1 saturated heterocycles. The van der Waals surface area contributed by atoms with E-state index in [-0.39, 0.29) is 29.1 Å². The Morgan fingerprint density at radius 3 is 2.64 bits per heavy atom. The fourth-order valence-electron chi connectivity index (χ4n) is 2.76. The summed E-state index contributed by atoms with van der Waals surface area (Å²) in [6.07, 6.45) is -3.73. The average molecular weight is 315 g/mol. The number of piperidine rings is 1. The summed E-state index contributed by atoms with van der Waals surface area (Å²) in [5, 5.41) is 3.06. The quantitative estimate of drug-likeness (QED) is 0.871. The van der Waals surface area contributed by atoms with Crippen LogP contribution in [0.1, 0.15) is 36.3 Å². The minimum Gasteiger partial charge on any atom is -0.366 e. The van der Waals surface area contributed by atoms with Gasteiger partial charge in [0.2, 0.25) is 0 Å². The van der Waals surface area contributed by atoms with Crippen molar-refractivity contribution in [2.24, 2.45) is 5.92 Å². The lowest BCUT2D eigenvalue weighted by Crippen LogP contribution is -2.43. The van der Waals surface area contributed by atoms with Crippen LogP contribution in [0.3, 0.4) is 0 Å². The van der Waals surface area contributed by atoms with Crippen LogP contribution in [0.5, 0.6) is 0 Å². The average Bonchev–Trinajstić information content (AvgIpc) is 2.40. The number of alkyl halides is 3. The Balaban J connectivity index is 2.29. The Labute approximate surface area is 127 Å². The van der Waals surface area contributed by atoms with E-state index in [0.717, 1.165) is 25.6 Å². The first-order chi connectivity index (χ1) is 10.2. The third kappa shape index (κ3) is 3.76. The Morgan fingerprint density at radius 1 is 1.41 bits per heavy atom. The highest BCUT2D eigenvalue weighted by Gasteiger charge is 2.34. The number of likely N-dealkylation sites (tertiary alicyclic amines) is 1. The molecule has 4 nitrogen and oxygen atoms in total. The normalized spacial score (nSPS) is 23.4. The highest BCUT2D eigenvalue weighted by Crippen LogP contribution is 2.30. The molecule has 1 aliphatic heterocycles. The number of nitrogens with one attached hydrogen (secondary N) is 1. The second-order valence-electron chi connectivity index (χ2n) is 5.93. The topological polar surface area (TPSA) is 45.2 Å². The zero-order chi connectivity index (χ0) is 16.5. The number of carbonyl (C=O) groups is 1. The zero-order valence-electron chi connectivity index (χ0n) is 12.9. The van der Waals surface area contributed by atoms with E-state index >= 15 is 0 Å². The molecule has 0 aromatic carbocycles. The first kappa shape index (κ1) is 16.7. The van der Waals surface area contributed by atoms with Crippen LogP contribution in [-0.4, -0.2) is 41.8 Å². The summed E-state index contributed by atoms with van der Waals surface area (Å²) in [5.74, 6) is -0.0112. The first-order valence-electron chi connectivity index (χ1n) is 7.22. The molecule has 0 aliphatic carbocycles. The highest BCUT2D eigenvalue weighted by molar-refractivity contribution is 5.98. The van der Waals surface area contributed by atoms with Gasteiger partial charge in [0.15, 0.2) is 5.78 Å². The van der Waals surface area contributed by atoms with Crippen LogP contribution in [-0.2, 0) is 6.18 Å². The molecule has 0 spiro atoms. The Hall–Kier alpha value is -1.63. The van der Waals surface area contributed by atoms with Crippen LogP contribution in [0.4, 0.5) is 19.0 Å². The predicted molar refractivity (Wildman–Crippen MR) is 77.9 cm³/mol. The summed E-state index contributed by atoms with van der Waals surface area (Å²) in [7, 11) is 2.01. The Morgan fingerprint density at radius 2 is 2.09 bits per heavy atom. The SMILES string of the molecule is CC(=O)c1ccc(C(F)(F)F)nc1NC1CCN(C)CC1C. The maximum atomic E-state index is 12.8. The summed E-state index contributed by atoms with van der Waals surface area (Å²) in [4.78, 5) is 17.5. The third-order valence-corrected chi connectivity index (χ3v) is 4.00. The smallest absolute Gasteiger partial charge is 0.366 e. The van der Waals surface area contributed by atoms with Gasteiger partial charge >= 0.3 is 6.18 Å². The number of carbonyl (C=O) groups excluding carboxylic acids is 1. The molecule has 1 N–H and O–H groups in total. The van der Waals surface area contributed by atoms with Crippen LogP contribution < -0.4 is 5.32 Å². The van der Waals surface area contributed by atoms with Crippen molar-refractivity contribution in [1.29, 1.82) is 0 Å². The van der Waals surface area contributed by atoms with Gasteiger partial charge in [-0.15, -0.1) is 0 Å². The van der Waals surface area contributed by atoms with Crippen molar-refractivity contribution in [3.63, 3.8) is 0 Å². The summed E-state index contributed by atoms with van der Waals surface area (Å²) in [6, 6.07) is 2.05. The van der Waals surface area contributed by atoms with Gasteiger partial charge in [-0.3, -0.25) is 4.79 Å². The van der Waals surface area contributed by atoms with E-state index in [1.807, 2.05) is 14.0 Å². The number of rotatable bonds is 3. The molecule has 22 heavy (non-hydrogen) atoms. The number of nitrogens with zero attached hydrogens (tertiary/aromatic N) is 2. The molecule has 1 aromatic heterocycles. The van der Waals surface area contributed by atoms with E-state index in [1.165, 1.54) is 13.0 Å². The van der Waals surface area contributed by atoms with E-state index in [1.54, 1.807) is 0 Å². The van der Waals surface area contributed by atoms with Crippen LogP contribution in [0.15, 0.2) is 12.1 Å². The van der Waals surface area contributed by atoms with E-state index in [0.29, 0.717) is 0 Å². The molecule has 0 amide bonds. The van der Waals surface area contributed by atoms with Crippen LogP contribution in [0.25, 0.3) is 0 Å². The van der Waals surface area contributed by atoms with Crippen molar-refractivity contribution in [1.82, 2.24) is 9.88 Å². The Bertz CT molecular complexity index is 559. The van der Waals surface area contributed by atoms with E-state index in [9.17, 15) is 18.0 Å². The van der Waals surface area contributed by atoms with Gasteiger partial charge in [0.25, 0.3) is 0 Å². The molecule has 2 rings (SSSR count). The maximum absolute atomic E-state index is 12.8. The van der Waals surface area contributed by atoms with Crippen molar-refractivity contribution in [2.75, 3.05) is 25.5 Å². The number of ketones is 1. The molecule has 122 valence electrons. The number of pyridine rings is 1. The van der Waals surface area contributed by atoms with E-state index in [4.69, 9.17) is 0 Å². The number of hydrogen-bond donors (Lipinski definition) is 1. The van der Waals surface area contributed by atoms with Gasteiger partial charge in [-0.25, -0.2) is 4.98 Å². The Kier molecular flexibility index (Phi) is 4.75. The van der Waals surface area contributed by atoms with Crippen molar-refractivity contribution in [3.8, 4) is 0 Å². The second kappa shape index (κ2) is 6.24. The molecule has 2 atom stereocenters. The van der Waals surface area contributed by atoms with Crippen molar-refractivity contribution >= 4 is 11.6 Å². The number of halogens is 3. The fraction of sp³-hybridized carbons (Fsp3) is 0.600. The molecular formula is C15H20F3N3O. The van der Waals surface area contributed by atoms with Crippen LogP contribution in [0, 0.1) is 5.92 Å². The molecule has 2 heterocycles. The first-order valence-corrected chi connectivity index (χ1v) is 7.22. The molecule has 0 saturated carbocycles. The lowest BCUT2D eigenvalue weighted by atomic mass is 9.94. The van der Waals surface area contributed by atoms with Crippen LogP contribution >= 0.6 is 0 Å². The van der Waals surface area contributed by atoms with Gasteiger partial charge in [0.1, 0.15) is 11.5 Å². The molecule has 2 unspecified atom stereocenters. The summed E-state index contributed by atoms with van der Waals surface area (Å²) in [5.41, 5.74) is -0.792. The van der Waals surface area contributed by atoms with Crippen molar-refractivity contribution < 1.29 is 18.0 Å². The molecule has 1 aliphatic rings. The van der Waals surface area contributed by atoms with Crippen molar-refractivity contribution in [2.45, 2.75) is 32.5 Å². The molecular weight excluding hydrogens is 295 g/mol. The number of Topliss-reactive ketones (excluding diaryl/α,β-unsaturated/α-hetero) is 1. The van der Waals surface area contributed by atoms with Gasteiger partial charge in [0, 0.05) is 12.6 Å². The lowest BCUT2D eigenvalue weighted by Gasteiger charge is -2.35. The molecule has 1 fully saturated rings. The fourth-order valence-corrected chi connectivity index (χ4v) is 2.76. The summed E-state index contributed by atoms with van der Waals surface area (Å²) >= 11 is 0. The second-order valence-corrected chi connectivity index (χ2v) is 5.93. The minimum absolute atomic E-state index is 0.00489. The minimum atomic E-state index is -4.52. The zero-order valence-corrected chi connectivity index (χ0v) is 12.9. The maximum Gasteiger partial charge on any atom is 0.433 e. The predicted octanol–water partition coefficient (Wildman–Crippen LogP) is 3.06. The monoisotopic (exact) mass is 315 g/mol. The summed E-state index contributed by atoms with van der Waals surface area (Å²) in [6.45, 7) is 5.07. The molecule has 7 heteroatoms.